The predicted molar refractivity (Wildman–Crippen MR) is 99.6 cm³/mol. The number of hydrogen-bond donors (Lipinski definition) is 0. The number of rotatable bonds is 3. The maximum atomic E-state index is 13.2. The van der Waals surface area contributed by atoms with Crippen LogP contribution >= 0.6 is 0 Å². The van der Waals surface area contributed by atoms with E-state index >= 15 is 0 Å². The maximum Gasteiger partial charge on any atom is 0.200 e. The largest absolute Gasteiger partial charge is 0.493 e. The first kappa shape index (κ1) is 16.5. The van der Waals surface area contributed by atoms with Crippen LogP contribution in [0, 0.1) is 13.8 Å². The van der Waals surface area contributed by atoms with Gasteiger partial charge in [0.05, 0.1) is 17.6 Å². The van der Waals surface area contributed by atoms with Crippen LogP contribution in [0.4, 0.5) is 0 Å². The lowest BCUT2D eigenvalue weighted by Gasteiger charge is -2.19. The summed E-state index contributed by atoms with van der Waals surface area (Å²) in [6.45, 7) is 7.23. The van der Waals surface area contributed by atoms with Crippen LogP contribution in [0.15, 0.2) is 39.5 Å². The van der Waals surface area contributed by atoms with Gasteiger partial charge in [0.1, 0.15) is 30.3 Å². The fourth-order valence-corrected chi connectivity index (χ4v) is 3.33. The highest BCUT2D eigenvalue weighted by atomic mass is 16.6. The van der Waals surface area contributed by atoms with Crippen LogP contribution in [0.3, 0.4) is 0 Å². The third kappa shape index (κ3) is 2.60. The van der Waals surface area contributed by atoms with E-state index < -0.39 is 0 Å². The number of hydrogen-bond acceptors (Lipinski definition) is 5. The van der Waals surface area contributed by atoms with Gasteiger partial charge >= 0.3 is 0 Å². The molecule has 26 heavy (non-hydrogen) atoms. The van der Waals surface area contributed by atoms with Crippen molar-refractivity contribution in [2.24, 2.45) is 0 Å². The smallest absolute Gasteiger partial charge is 0.200 e. The monoisotopic (exact) mass is 352 g/mol. The summed E-state index contributed by atoms with van der Waals surface area (Å²) >= 11 is 0. The number of ether oxygens (including phenoxy) is 3. The van der Waals surface area contributed by atoms with Gasteiger partial charge in [0, 0.05) is 5.56 Å². The lowest BCUT2D eigenvalue weighted by Crippen LogP contribution is -2.15. The van der Waals surface area contributed by atoms with E-state index in [0.717, 1.165) is 16.9 Å². The summed E-state index contributed by atoms with van der Waals surface area (Å²) in [6.07, 6.45) is 0. The lowest BCUT2D eigenvalue weighted by molar-refractivity contribution is 0.171. The summed E-state index contributed by atoms with van der Waals surface area (Å²) in [5.41, 5.74) is 2.64. The van der Waals surface area contributed by atoms with Crippen molar-refractivity contribution in [1.82, 2.24) is 0 Å². The number of benzene rings is 2. The van der Waals surface area contributed by atoms with E-state index in [1.54, 1.807) is 13.0 Å². The molecule has 0 aliphatic carbocycles. The summed E-state index contributed by atoms with van der Waals surface area (Å²) in [6, 6.07) is 9.11. The van der Waals surface area contributed by atoms with E-state index in [4.69, 9.17) is 18.6 Å². The molecule has 2 heterocycles. The Balaban J connectivity index is 1.91. The Morgan fingerprint density at radius 3 is 2.58 bits per heavy atom. The molecule has 3 aromatic rings. The Morgan fingerprint density at radius 2 is 1.81 bits per heavy atom. The molecule has 0 unspecified atom stereocenters. The van der Waals surface area contributed by atoms with Crippen LogP contribution in [0.2, 0.25) is 0 Å². The van der Waals surface area contributed by atoms with E-state index in [2.05, 4.69) is 0 Å². The Kier molecular flexibility index (Phi) is 4.07. The number of fused-ring (bicyclic) bond motifs is 2. The molecule has 5 nitrogen and oxygen atoms in total. The van der Waals surface area contributed by atoms with Gasteiger partial charge in [0.25, 0.3) is 0 Å². The zero-order chi connectivity index (χ0) is 18.3. The second-order valence-electron chi connectivity index (χ2n) is 6.22. The van der Waals surface area contributed by atoms with E-state index in [1.165, 1.54) is 0 Å². The highest BCUT2D eigenvalue weighted by molar-refractivity contribution is 5.86. The fourth-order valence-electron chi connectivity index (χ4n) is 3.33. The molecular formula is C21H20O5. The first-order chi connectivity index (χ1) is 12.6. The standard InChI is InChI=1S/C21H20O5/c1-4-23-16-8-6-15-20(22)19(13(3)26-21(15)12(16)2)14-5-7-17-18(11-14)25-10-9-24-17/h5-8,11H,4,9-10H2,1-3H3. The second kappa shape index (κ2) is 6.41. The summed E-state index contributed by atoms with van der Waals surface area (Å²) in [5.74, 6) is 2.64. The Bertz CT molecular complexity index is 1050. The van der Waals surface area contributed by atoms with Crippen LogP contribution in [0.5, 0.6) is 17.2 Å². The van der Waals surface area contributed by atoms with Gasteiger partial charge in [-0.1, -0.05) is 6.07 Å². The molecule has 0 saturated carbocycles. The van der Waals surface area contributed by atoms with Crippen LogP contribution in [-0.2, 0) is 0 Å². The Hall–Kier alpha value is -2.95. The topological polar surface area (TPSA) is 57.9 Å². The minimum absolute atomic E-state index is 0.0634. The molecule has 1 aliphatic rings. The summed E-state index contributed by atoms with van der Waals surface area (Å²) in [7, 11) is 0. The third-order valence-corrected chi connectivity index (χ3v) is 4.57. The molecule has 4 rings (SSSR count). The molecule has 0 fully saturated rings. The van der Waals surface area contributed by atoms with E-state index in [-0.39, 0.29) is 5.43 Å². The minimum Gasteiger partial charge on any atom is -0.493 e. The fraction of sp³-hybridized carbons (Fsp3) is 0.286. The highest BCUT2D eigenvalue weighted by Crippen LogP contribution is 2.36. The van der Waals surface area contributed by atoms with E-state index in [9.17, 15) is 4.79 Å². The van der Waals surface area contributed by atoms with E-state index in [1.807, 2.05) is 38.1 Å². The summed E-state index contributed by atoms with van der Waals surface area (Å²) < 4.78 is 22.8. The van der Waals surface area contributed by atoms with Crippen molar-refractivity contribution in [2.45, 2.75) is 20.8 Å². The van der Waals surface area contributed by atoms with Crippen molar-refractivity contribution in [3.8, 4) is 28.4 Å². The zero-order valence-corrected chi connectivity index (χ0v) is 15.0. The van der Waals surface area contributed by atoms with Crippen LogP contribution in [0.1, 0.15) is 18.2 Å². The van der Waals surface area contributed by atoms with Gasteiger partial charge in [-0.25, -0.2) is 0 Å². The van der Waals surface area contributed by atoms with Gasteiger partial charge in [-0.05, 0) is 50.6 Å². The molecule has 0 saturated heterocycles. The van der Waals surface area contributed by atoms with Crippen LogP contribution in [-0.4, -0.2) is 19.8 Å². The number of aryl methyl sites for hydroxylation is 2. The van der Waals surface area contributed by atoms with Gasteiger partial charge in [-0.3, -0.25) is 4.79 Å². The normalized spacial score (nSPS) is 13.0. The van der Waals surface area contributed by atoms with Gasteiger partial charge in [0.2, 0.25) is 5.43 Å². The van der Waals surface area contributed by atoms with Crippen LogP contribution < -0.4 is 19.6 Å². The van der Waals surface area contributed by atoms with Crippen molar-refractivity contribution >= 4 is 11.0 Å². The quantitative estimate of drug-likeness (QED) is 0.705. The SMILES string of the molecule is CCOc1ccc2c(=O)c(-c3ccc4c(c3)OCCO4)c(C)oc2c1C. The maximum absolute atomic E-state index is 13.2. The van der Waals surface area contributed by atoms with Gasteiger partial charge in [0.15, 0.2) is 11.5 Å². The highest BCUT2D eigenvalue weighted by Gasteiger charge is 2.19. The van der Waals surface area contributed by atoms with Gasteiger partial charge in [-0.2, -0.15) is 0 Å². The zero-order valence-electron chi connectivity index (χ0n) is 15.0. The van der Waals surface area contributed by atoms with Crippen molar-refractivity contribution < 1.29 is 18.6 Å². The summed E-state index contributed by atoms with van der Waals surface area (Å²) in [5, 5.41) is 0.543. The minimum atomic E-state index is -0.0634. The molecule has 0 N–H and O–H groups in total. The summed E-state index contributed by atoms with van der Waals surface area (Å²) in [4.78, 5) is 13.2. The van der Waals surface area contributed by atoms with Crippen molar-refractivity contribution in [2.75, 3.05) is 19.8 Å². The molecule has 0 radical (unpaired) electrons. The molecule has 1 aliphatic heterocycles. The molecular weight excluding hydrogens is 332 g/mol. The Labute approximate surface area is 151 Å². The van der Waals surface area contributed by atoms with E-state index in [0.29, 0.717) is 53.6 Å². The first-order valence-corrected chi connectivity index (χ1v) is 8.70. The Morgan fingerprint density at radius 1 is 1.04 bits per heavy atom. The van der Waals surface area contributed by atoms with Crippen molar-refractivity contribution in [3.63, 3.8) is 0 Å². The molecule has 0 atom stereocenters. The average molecular weight is 352 g/mol. The van der Waals surface area contributed by atoms with Crippen LogP contribution in [0.25, 0.3) is 22.1 Å². The first-order valence-electron chi connectivity index (χ1n) is 8.70. The molecule has 1 aromatic heterocycles. The molecule has 134 valence electrons. The average Bonchev–Trinajstić information content (AvgIpc) is 2.64. The van der Waals surface area contributed by atoms with Crippen molar-refractivity contribution in [3.05, 3.63) is 51.9 Å². The van der Waals surface area contributed by atoms with Gasteiger partial charge < -0.3 is 18.6 Å². The third-order valence-electron chi connectivity index (χ3n) is 4.57. The second-order valence-corrected chi connectivity index (χ2v) is 6.22. The molecule has 2 aromatic carbocycles. The predicted octanol–water partition coefficient (Wildman–Crippen LogP) is 4.25. The molecule has 5 heteroatoms. The molecule has 0 spiro atoms. The van der Waals surface area contributed by atoms with Gasteiger partial charge in [-0.15, -0.1) is 0 Å². The lowest BCUT2D eigenvalue weighted by atomic mass is 10.0. The molecule has 0 amide bonds. The van der Waals surface area contributed by atoms with Crippen molar-refractivity contribution in [1.29, 1.82) is 0 Å². The molecule has 0 bridgehead atoms.